The molecule has 0 spiro atoms. The molecule has 1 aromatic heterocycles. The van der Waals surface area contributed by atoms with E-state index in [0.29, 0.717) is 17.5 Å². The SMILES string of the molecule is Cc1ccc(S(=O)(=O)OC(=CCCc2ccccc2)n2nnc3ccccc32)cc1. The summed E-state index contributed by atoms with van der Waals surface area (Å²) in [7, 11) is -4.02. The summed E-state index contributed by atoms with van der Waals surface area (Å²) in [6, 6.07) is 23.8. The van der Waals surface area contributed by atoms with Crippen molar-refractivity contribution in [1.82, 2.24) is 15.0 Å². The Balaban J connectivity index is 1.68. The van der Waals surface area contributed by atoms with E-state index in [-0.39, 0.29) is 10.8 Å². The van der Waals surface area contributed by atoms with Gasteiger partial charge in [-0.25, -0.2) is 0 Å². The Bertz CT molecular complexity index is 1280. The lowest BCUT2D eigenvalue weighted by atomic mass is 10.1. The zero-order chi connectivity index (χ0) is 21.0. The van der Waals surface area contributed by atoms with Gasteiger partial charge in [0.05, 0.1) is 5.52 Å². The van der Waals surface area contributed by atoms with Crippen molar-refractivity contribution in [3.05, 3.63) is 96.1 Å². The van der Waals surface area contributed by atoms with E-state index in [2.05, 4.69) is 10.3 Å². The minimum absolute atomic E-state index is 0.0893. The molecule has 0 amide bonds. The summed E-state index contributed by atoms with van der Waals surface area (Å²) in [6.07, 6.45) is 3.06. The van der Waals surface area contributed by atoms with Gasteiger partial charge in [0.2, 0.25) is 5.88 Å². The molecule has 30 heavy (non-hydrogen) atoms. The van der Waals surface area contributed by atoms with Gasteiger partial charge in [0, 0.05) is 0 Å². The van der Waals surface area contributed by atoms with Crippen LogP contribution in [0.1, 0.15) is 17.5 Å². The van der Waals surface area contributed by atoms with E-state index in [4.69, 9.17) is 4.18 Å². The van der Waals surface area contributed by atoms with Gasteiger partial charge in [-0.1, -0.05) is 65.4 Å². The summed E-state index contributed by atoms with van der Waals surface area (Å²) in [4.78, 5) is 0.0893. The number of benzene rings is 3. The molecular formula is C23H21N3O3S. The van der Waals surface area contributed by atoms with Crippen LogP contribution >= 0.6 is 0 Å². The maximum atomic E-state index is 12.9. The van der Waals surface area contributed by atoms with Gasteiger partial charge in [0.15, 0.2) is 0 Å². The van der Waals surface area contributed by atoms with Crippen molar-refractivity contribution in [2.45, 2.75) is 24.7 Å². The topological polar surface area (TPSA) is 74.1 Å². The molecule has 0 fully saturated rings. The molecule has 0 aliphatic carbocycles. The molecule has 0 aliphatic rings. The fraction of sp³-hybridized carbons (Fsp3) is 0.130. The van der Waals surface area contributed by atoms with Crippen LogP contribution < -0.4 is 0 Å². The molecule has 3 aromatic carbocycles. The van der Waals surface area contributed by atoms with Crippen LogP contribution in [0, 0.1) is 6.92 Å². The van der Waals surface area contributed by atoms with Crippen LogP contribution in [0.15, 0.2) is 89.8 Å². The number of para-hydroxylation sites is 1. The van der Waals surface area contributed by atoms with E-state index >= 15 is 0 Å². The van der Waals surface area contributed by atoms with Crippen LogP contribution in [0.5, 0.6) is 0 Å². The summed E-state index contributed by atoms with van der Waals surface area (Å²) in [5, 5.41) is 8.24. The second-order valence-corrected chi connectivity index (χ2v) is 8.45. The highest BCUT2D eigenvalue weighted by molar-refractivity contribution is 7.87. The smallest absolute Gasteiger partial charge is 0.340 e. The van der Waals surface area contributed by atoms with Crippen LogP contribution in [0.2, 0.25) is 0 Å². The lowest BCUT2D eigenvalue weighted by molar-refractivity contribution is 0.435. The number of fused-ring (bicyclic) bond motifs is 1. The number of allylic oxidation sites excluding steroid dienone is 1. The molecule has 0 radical (unpaired) electrons. The van der Waals surface area contributed by atoms with Crippen LogP contribution in [0.25, 0.3) is 16.9 Å². The average molecular weight is 420 g/mol. The molecule has 0 N–H and O–H groups in total. The summed E-state index contributed by atoms with van der Waals surface area (Å²) < 4.78 is 32.8. The molecule has 0 saturated heterocycles. The molecule has 1 heterocycles. The van der Waals surface area contributed by atoms with E-state index < -0.39 is 10.1 Å². The highest BCUT2D eigenvalue weighted by Gasteiger charge is 2.21. The van der Waals surface area contributed by atoms with Gasteiger partial charge in [0.25, 0.3) is 0 Å². The van der Waals surface area contributed by atoms with E-state index in [1.807, 2.05) is 61.5 Å². The van der Waals surface area contributed by atoms with Crippen molar-refractivity contribution in [2.24, 2.45) is 0 Å². The minimum atomic E-state index is -4.02. The van der Waals surface area contributed by atoms with Gasteiger partial charge < -0.3 is 4.18 Å². The number of rotatable bonds is 7. The first kappa shape index (κ1) is 19.8. The largest absolute Gasteiger partial charge is 0.358 e. The van der Waals surface area contributed by atoms with E-state index in [9.17, 15) is 8.42 Å². The molecular weight excluding hydrogens is 398 g/mol. The van der Waals surface area contributed by atoms with Crippen LogP contribution in [0.3, 0.4) is 0 Å². The molecule has 0 bridgehead atoms. The fourth-order valence-electron chi connectivity index (χ4n) is 3.06. The first-order valence-electron chi connectivity index (χ1n) is 9.59. The number of hydrogen-bond acceptors (Lipinski definition) is 5. The zero-order valence-corrected chi connectivity index (χ0v) is 17.3. The average Bonchev–Trinajstić information content (AvgIpc) is 3.18. The number of hydrogen-bond donors (Lipinski definition) is 0. The first-order valence-corrected chi connectivity index (χ1v) is 11.0. The molecule has 152 valence electrons. The number of nitrogens with zero attached hydrogens (tertiary/aromatic N) is 3. The molecule has 0 saturated carbocycles. The lowest BCUT2D eigenvalue weighted by Crippen LogP contribution is -2.11. The first-order chi connectivity index (χ1) is 14.5. The normalized spacial score (nSPS) is 12.2. The van der Waals surface area contributed by atoms with Crippen molar-refractivity contribution in [3.8, 4) is 0 Å². The van der Waals surface area contributed by atoms with Crippen molar-refractivity contribution in [3.63, 3.8) is 0 Å². The van der Waals surface area contributed by atoms with Gasteiger partial charge >= 0.3 is 10.1 Å². The van der Waals surface area contributed by atoms with Crippen molar-refractivity contribution in [1.29, 1.82) is 0 Å². The predicted molar refractivity (Wildman–Crippen MR) is 116 cm³/mol. The molecule has 0 aliphatic heterocycles. The lowest BCUT2D eigenvalue weighted by Gasteiger charge is -2.11. The highest BCUT2D eigenvalue weighted by atomic mass is 32.2. The Kier molecular flexibility index (Phi) is 5.63. The minimum Gasteiger partial charge on any atom is -0.358 e. The van der Waals surface area contributed by atoms with Crippen molar-refractivity contribution < 1.29 is 12.6 Å². The van der Waals surface area contributed by atoms with Crippen molar-refractivity contribution >= 4 is 27.0 Å². The Morgan fingerprint density at radius 3 is 2.43 bits per heavy atom. The molecule has 0 unspecified atom stereocenters. The van der Waals surface area contributed by atoms with Crippen LogP contribution in [-0.4, -0.2) is 23.4 Å². The Labute approximate surface area is 175 Å². The van der Waals surface area contributed by atoms with E-state index in [0.717, 1.165) is 17.5 Å². The second-order valence-electron chi connectivity index (χ2n) is 6.91. The maximum Gasteiger partial charge on any atom is 0.340 e. The monoisotopic (exact) mass is 419 g/mol. The third-order valence-electron chi connectivity index (χ3n) is 4.66. The summed E-state index contributed by atoms with van der Waals surface area (Å²) in [5.74, 6) is 0.111. The fourth-order valence-corrected chi connectivity index (χ4v) is 3.99. The van der Waals surface area contributed by atoms with Gasteiger partial charge in [-0.05, 0) is 55.7 Å². The highest BCUT2D eigenvalue weighted by Crippen LogP contribution is 2.22. The molecule has 7 heteroatoms. The quantitative estimate of drug-likeness (QED) is 0.324. The summed E-state index contributed by atoms with van der Waals surface area (Å²) in [5.41, 5.74) is 3.44. The predicted octanol–water partition coefficient (Wildman–Crippen LogP) is 4.58. The van der Waals surface area contributed by atoms with E-state index in [1.165, 1.54) is 16.8 Å². The maximum absolute atomic E-state index is 12.9. The third-order valence-corrected chi connectivity index (χ3v) is 5.90. The number of aryl methyl sites for hydroxylation is 2. The molecule has 4 aromatic rings. The van der Waals surface area contributed by atoms with Crippen LogP contribution in [0.4, 0.5) is 0 Å². The summed E-state index contributed by atoms with van der Waals surface area (Å²) in [6.45, 7) is 1.90. The summed E-state index contributed by atoms with van der Waals surface area (Å²) >= 11 is 0. The molecule has 6 nitrogen and oxygen atoms in total. The van der Waals surface area contributed by atoms with Gasteiger partial charge in [-0.15, -0.1) is 5.10 Å². The Morgan fingerprint density at radius 1 is 0.967 bits per heavy atom. The number of aromatic nitrogens is 3. The van der Waals surface area contributed by atoms with Crippen molar-refractivity contribution in [2.75, 3.05) is 0 Å². The second kappa shape index (κ2) is 8.51. The van der Waals surface area contributed by atoms with Crippen LogP contribution in [-0.2, 0) is 20.7 Å². The Morgan fingerprint density at radius 2 is 1.67 bits per heavy atom. The standard InChI is InChI=1S/C23H21N3O3S/c1-18-14-16-20(17-15-18)30(27,28)29-23(13-7-10-19-8-3-2-4-9-19)26-22-12-6-5-11-21(22)24-25-26/h2-6,8-9,11-17H,7,10H2,1H3. The molecule has 0 atom stereocenters. The zero-order valence-electron chi connectivity index (χ0n) is 16.5. The van der Waals surface area contributed by atoms with Gasteiger partial charge in [-0.2, -0.15) is 13.1 Å². The molecule has 4 rings (SSSR count). The van der Waals surface area contributed by atoms with Gasteiger partial charge in [-0.3, -0.25) is 0 Å². The Hall–Kier alpha value is -3.45. The van der Waals surface area contributed by atoms with Gasteiger partial charge in [0.1, 0.15) is 10.4 Å². The van der Waals surface area contributed by atoms with E-state index in [1.54, 1.807) is 18.2 Å². The third kappa shape index (κ3) is 4.41.